The van der Waals surface area contributed by atoms with Crippen molar-refractivity contribution in [2.75, 3.05) is 53.6 Å². The maximum absolute atomic E-state index is 5.29. The fourth-order valence-corrected chi connectivity index (χ4v) is 1.29. The van der Waals surface area contributed by atoms with Crippen molar-refractivity contribution < 1.29 is 9.47 Å². The maximum Gasteiger partial charge on any atom is 0.0613 e. The Balaban J connectivity index is 3.26. The summed E-state index contributed by atoms with van der Waals surface area (Å²) in [4.78, 5) is 2.27. The molecule has 0 saturated carbocycles. The first-order valence-electron chi connectivity index (χ1n) is 5.69. The van der Waals surface area contributed by atoms with E-state index < -0.39 is 0 Å². The first-order chi connectivity index (χ1) is 7.20. The van der Waals surface area contributed by atoms with Crippen LogP contribution >= 0.6 is 0 Å². The Kier molecular flexibility index (Phi) is 10.3. The van der Waals surface area contributed by atoms with Crippen LogP contribution in [0.2, 0.25) is 0 Å². The Morgan fingerprint density at radius 3 is 2.67 bits per heavy atom. The topological polar surface area (TPSA) is 33.7 Å². The molecule has 1 N–H and O–H groups in total. The number of methoxy groups -OCH3 is 1. The third kappa shape index (κ3) is 10.1. The monoisotopic (exact) mass is 218 g/mol. The molecule has 0 fully saturated rings. The molecule has 1 unspecified atom stereocenters. The van der Waals surface area contributed by atoms with Crippen LogP contribution in [0.3, 0.4) is 0 Å². The molecule has 0 aliphatic heterocycles. The average molecular weight is 218 g/mol. The van der Waals surface area contributed by atoms with Crippen molar-refractivity contribution >= 4 is 0 Å². The molecule has 0 aliphatic carbocycles. The molecule has 0 aliphatic rings. The minimum atomic E-state index is 0.426. The number of ether oxygens (including phenoxy) is 2. The molecule has 0 rings (SSSR count). The lowest BCUT2D eigenvalue weighted by Crippen LogP contribution is -2.37. The van der Waals surface area contributed by atoms with Gasteiger partial charge in [0.25, 0.3) is 0 Å². The predicted molar refractivity (Wildman–Crippen MR) is 63.3 cm³/mol. The lowest BCUT2D eigenvalue weighted by atomic mass is 10.3. The van der Waals surface area contributed by atoms with Crippen LogP contribution in [0.15, 0.2) is 0 Å². The Hall–Kier alpha value is -0.160. The predicted octanol–water partition coefficient (Wildman–Crippen LogP) is 0.579. The fraction of sp³-hybridized carbons (Fsp3) is 1.00. The molecule has 4 heteroatoms. The van der Waals surface area contributed by atoms with Gasteiger partial charge < -0.3 is 19.7 Å². The molecule has 0 amide bonds. The molecule has 0 aromatic heterocycles. The van der Waals surface area contributed by atoms with E-state index in [2.05, 4.69) is 24.2 Å². The zero-order valence-corrected chi connectivity index (χ0v) is 10.6. The van der Waals surface area contributed by atoms with Crippen LogP contribution < -0.4 is 5.32 Å². The van der Waals surface area contributed by atoms with Crippen LogP contribution in [0.5, 0.6) is 0 Å². The van der Waals surface area contributed by atoms with Gasteiger partial charge in [-0.15, -0.1) is 0 Å². The smallest absolute Gasteiger partial charge is 0.0613 e. The summed E-state index contributed by atoms with van der Waals surface area (Å²) in [6.07, 6.45) is 0. The summed E-state index contributed by atoms with van der Waals surface area (Å²) in [7, 11) is 3.84. The highest BCUT2D eigenvalue weighted by molar-refractivity contribution is 4.61. The maximum atomic E-state index is 5.29. The Labute approximate surface area is 93.9 Å². The molecule has 0 bridgehead atoms. The summed E-state index contributed by atoms with van der Waals surface area (Å²) in [5.41, 5.74) is 0. The summed E-state index contributed by atoms with van der Waals surface area (Å²) in [6, 6.07) is 0.426. The van der Waals surface area contributed by atoms with E-state index in [9.17, 15) is 0 Å². The van der Waals surface area contributed by atoms with E-state index in [0.717, 1.165) is 39.5 Å². The van der Waals surface area contributed by atoms with E-state index in [1.54, 1.807) is 7.11 Å². The third-order valence-electron chi connectivity index (χ3n) is 2.22. The minimum Gasteiger partial charge on any atom is -0.383 e. The summed E-state index contributed by atoms with van der Waals surface area (Å²) >= 11 is 0. The van der Waals surface area contributed by atoms with Gasteiger partial charge in [-0.2, -0.15) is 0 Å². The highest BCUT2D eigenvalue weighted by atomic mass is 16.5. The molecule has 0 aromatic carbocycles. The van der Waals surface area contributed by atoms with Gasteiger partial charge >= 0.3 is 0 Å². The molecule has 0 spiro atoms. The molecule has 0 radical (unpaired) electrons. The summed E-state index contributed by atoms with van der Waals surface area (Å²) in [5.74, 6) is 0. The Bertz CT molecular complexity index is 134. The highest BCUT2D eigenvalue weighted by Gasteiger charge is 2.01. The summed E-state index contributed by atoms with van der Waals surface area (Å²) in [5, 5.41) is 3.40. The van der Waals surface area contributed by atoms with Crippen LogP contribution in [-0.2, 0) is 9.47 Å². The fourth-order valence-electron chi connectivity index (χ4n) is 1.29. The van der Waals surface area contributed by atoms with Crippen LogP contribution in [-0.4, -0.2) is 64.6 Å². The molecule has 1 atom stereocenters. The zero-order valence-electron chi connectivity index (χ0n) is 10.6. The normalized spacial score (nSPS) is 13.4. The van der Waals surface area contributed by atoms with Crippen molar-refractivity contribution in [2.45, 2.75) is 19.9 Å². The van der Waals surface area contributed by atoms with Crippen molar-refractivity contribution in [1.29, 1.82) is 0 Å². The van der Waals surface area contributed by atoms with E-state index >= 15 is 0 Å². The first-order valence-corrected chi connectivity index (χ1v) is 5.69. The van der Waals surface area contributed by atoms with Gasteiger partial charge in [0.05, 0.1) is 13.2 Å². The van der Waals surface area contributed by atoms with Crippen molar-refractivity contribution in [3.8, 4) is 0 Å². The van der Waals surface area contributed by atoms with E-state index in [0.29, 0.717) is 6.04 Å². The SMILES string of the molecule is CCOCCN(C)CCNC(C)COC. The van der Waals surface area contributed by atoms with Crippen LogP contribution in [0.25, 0.3) is 0 Å². The Morgan fingerprint density at radius 2 is 2.07 bits per heavy atom. The molecule has 0 heterocycles. The Morgan fingerprint density at radius 1 is 1.33 bits per heavy atom. The number of rotatable bonds is 10. The van der Waals surface area contributed by atoms with Gasteiger partial charge in [-0.1, -0.05) is 0 Å². The molecular weight excluding hydrogens is 192 g/mol. The van der Waals surface area contributed by atoms with Crippen LogP contribution in [0.1, 0.15) is 13.8 Å². The van der Waals surface area contributed by atoms with E-state index in [1.165, 1.54) is 0 Å². The number of likely N-dealkylation sites (N-methyl/N-ethyl adjacent to an activating group) is 1. The van der Waals surface area contributed by atoms with Crippen molar-refractivity contribution in [2.24, 2.45) is 0 Å². The minimum absolute atomic E-state index is 0.426. The average Bonchev–Trinajstić information content (AvgIpc) is 2.18. The van der Waals surface area contributed by atoms with E-state index in [4.69, 9.17) is 9.47 Å². The lowest BCUT2D eigenvalue weighted by molar-refractivity contribution is 0.121. The zero-order chi connectivity index (χ0) is 11.5. The molecule has 0 aromatic rings. The van der Waals surface area contributed by atoms with Gasteiger partial charge in [0.15, 0.2) is 0 Å². The van der Waals surface area contributed by atoms with E-state index in [-0.39, 0.29) is 0 Å². The standard InChI is InChI=1S/C11H26N2O2/c1-5-15-9-8-13(3)7-6-12-11(2)10-14-4/h11-12H,5-10H2,1-4H3. The molecular formula is C11H26N2O2. The van der Waals surface area contributed by atoms with Gasteiger partial charge in [0.1, 0.15) is 0 Å². The first kappa shape index (κ1) is 14.8. The second kappa shape index (κ2) is 10.4. The molecule has 15 heavy (non-hydrogen) atoms. The van der Waals surface area contributed by atoms with Gasteiger partial charge in [-0.3, -0.25) is 0 Å². The van der Waals surface area contributed by atoms with Crippen molar-refractivity contribution in [3.63, 3.8) is 0 Å². The number of nitrogens with one attached hydrogen (secondary N) is 1. The molecule has 0 saturated heterocycles. The van der Waals surface area contributed by atoms with Gasteiger partial charge in [0.2, 0.25) is 0 Å². The van der Waals surface area contributed by atoms with Gasteiger partial charge in [0, 0.05) is 39.4 Å². The third-order valence-corrected chi connectivity index (χ3v) is 2.22. The highest BCUT2D eigenvalue weighted by Crippen LogP contribution is 1.85. The van der Waals surface area contributed by atoms with Gasteiger partial charge in [-0.25, -0.2) is 0 Å². The summed E-state index contributed by atoms with van der Waals surface area (Å²) in [6.45, 7) is 9.57. The molecule has 92 valence electrons. The van der Waals surface area contributed by atoms with Crippen LogP contribution in [0.4, 0.5) is 0 Å². The van der Waals surface area contributed by atoms with Crippen LogP contribution in [0, 0.1) is 0 Å². The number of hydrogen-bond donors (Lipinski definition) is 1. The van der Waals surface area contributed by atoms with Gasteiger partial charge in [-0.05, 0) is 20.9 Å². The number of hydrogen-bond acceptors (Lipinski definition) is 4. The molecule has 4 nitrogen and oxygen atoms in total. The quantitative estimate of drug-likeness (QED) is 0.544. The largest absolute Gasteiger partial charge is 0.383 e. The second-order valence-electron chi connectivity index (χ2n) is 3.81. The lowest BCUT2D eigenvalue weighted by Gasteiger charge is -2.18. The second-order valence-corrected chi connectivity index (χ2v) is 3.81. The van der Waals surface area contributed by atoms with E-state index in [1.807, 2.05) is 6.92 Å². The summed E-state index contributed by atoms with van der Waals surface area (Å²) < 4.78 is 10.3. The van der Waals surface area contributed by atoms with Crippen molar-refractivity contribution in [3.05, 3.63) is 0 Å². The van der Waals surface area contributed by atoms with Crippen molar-refractivity contribution in [1.82, 2.24) is 10.2 Å². The number of nitrogens with zero attached hydrogens (tertiary/aromatic N) is 1.